The first kappa shape index (κ1) is 13.6. The zero-order valence-corrected chi connectivity index (χ0v) is 12.5. The first-order chi connectivity index (χ1) is 11.2. The van der Waals surface area contributed by atoms with E-state index in [9.17, 15) is 9.59 Å². The number of furan rings is 1. The third-order valence-electron chi connectivity index (χ3n) is 3.25. The van der Waals surface area contributed by atoms with E-state index in [1.807, 2.05) is 6.07 Å². The molecule has 0 radical (unpaired) electrons. The molecule has 112 valence electrons. The van der Waals surface area contributed by atoms with Crippen LogP contribution in [0.5, 0.6) is 0 Å². The van der Waals surface area contributed by atoms with Gasteiger partial charge in [0.1, 0.15) is 10.3 Å². The molecule has 0 saturated heterocycles. The van der Waals surface area contributed by atoms with E-state index in [0.717, 1.165) is 15.9 Å². The normalized spacial score (nSPS) is 12.1. The molecule has 0 saturated carbocycles. The molecule has 0 atom stereocenters. The molecule has 0 aliphatic rings. The van der Waals surface area contributed by atoms with Gasteiger partial charge >= 0.3 is 5.56 Å². The summed E-state index contributed by atoms with van der Waals surface area (Å²) in [4.78, 5) is 28.8. The summed E-state index contributed by atoms with van der Waals surface area (Å²) in [6.07, 6.45) is 3.13. The average Bonchev–Trinajstić information content (AvgIpc) is 3.17. The SMILES string of the molecule is O=c1nc2sc(=Cc3ccco3)c(=O)n2nc1-c1ccccc1. The molecule has 4 aromatic rings. The van der Waals surface area contributed by atoms with E-state index in [0.29, 0.717) is 15.9 Å². The summed E-state index contributed by atoms with van der Waals surface area (Å²) in [6, 6.07) is 12.4. The molecule has 0 fully saturated rings. The van der Waals surface area contributed by atoms with Crippen LogP contribution in [-0.2, 0) is 0 Å². The third kappa shape index (κ3) is 2.36. The van der Waals surface area contributed by atoms with Crippen molar-refractivity contribution in [2.24, 2.45) is 0 Å². The Morgan fingerprint density at radius 3 is 2.65 bits per heavy atom. The Morgan fingerprint density at radius 2 is 1.91 bits per heavy atom. The molecule has 0 spiro atoms. The number of benzene rings is 1. The first-order valence-corrected chi connectivity index (χ1v) is 7.58. The van der Waals surface area contributed by atoms with E-state index in [1.54, 1.807) is 42.5 Å². The molecule has 7 heteroatoms. The van der Waals surface area contributed by atoms with Gasteiger partial charge in [0.05, 0.1) is 6.26 Å². The van der Waals surface area contributed by atoms with Crippen molar-refractivity contribution in [1.82, 2.24) is 14.6 Å². The summed E-state index contributed by atoms with van der Waals surface area (Å²) >= 11 is 1.10. The van der Waals surface area contributed by atoms with Crippen molar-refractivity contribution in [1.29, 1.82) is 0 Å². The number of hydrogen-bond donors (Lipinski definition) is 0. The molecule has 3 aromatic heterocycles. The van der Waals surface area contributed by atoms with Crippen molar-refractivity contribution < 1.29 is 4.42 Å². The van der Waals surface area contributed by atoms with Gasteiger partial charge < -0.3 is 4.42 Å². The van der Waals surface area contributed by atoms with Gasteiger partial charge in [0.25, 0.3) is 5.56 Å². The average molecular weight is 323 g/mol. The summed E-state index contributed by atoms with van der Waals surface area (Å²) in [6.45, 7) is 0. The van der Waals surface area contributed by atoms with Crippen molar-refractivity contribution in [2.75, 3.05) is 0 Å². The van der Waals surface area contributed by atoms with Crippen LogP contribution in [0.4, 0.5) is 0 Å². The maximum Gasteiger partial charge on any atom is 0.300 e. The Labute approximate surface area is 133 Å². The minimum atomic E-state index is -0.456. The van der Waals surface area contributed by atoms with Crippen LogP contribution in [0.15, 0.2) is 62.7 Å². The molecule has 4 rings (SSSR count). The Kier molecular flexibility index (Phi) is 3.13. The molecule has 6 nitrogen and oxygen atoms in total. The van der Waals surface area contributed by atoms with E-state index in [2.05, 4.69) is 10.1 Å². The lowest BCUT2D eigenvalue weighted by Crippen LogP contribution is -2.26. The fourth-order valence-electron chi connectivity index (χ4n) is 2.19. The second kappa shape index (κ2) is 5.29. The Hall–Kier alpha value is -3.06. The minimum absolute atomic E-state index is 0.155. The topological polar surface area (TPSA) is 77.5 Å². The Morgan fingerprint density at radius 1 is 1.09 bits per heavy atom. The van der Waals surface area contributed by atoms with E-state index in [4.69, 9.17) is 4.42 Å². The zero-order chi connectivity index (χ0) is 15.8. The van der Waals surface area contributed by atoms with Gasteiger partial charge in [-0.1, -0.05) is 41.7 Å². The van der Waals surface area contributed by atoms with Crippen LogP contribution in [0.2, 0.25) is 0 Å². The highest BCUT2D eigenvalue weighted by atomic mass is 32.1. The predicted molar refractivity (Wildman–Crippen MR) is 86.3 cm³/mol. The lowest BCUT2D eigenvalue weighted by molar-refractivity contribution is 0.556. The Balaban J connectivity index is 1.98. The van der Waals surface area contributed by atoms with Crippen molar-refractivity contribution in [3.05, 3.63) is 79.7 Å². The fourth-order valence-corrected chi connectivity index (χ4v) is 3.07. The number of nitrogens with zero attached hydrogens (tertiary/aromatic N) is 3. The van der Waals surface area contributed by atoms with Crippen LogP contribution in [0.25, 0.3) is 22.3 Å². The van der Waals surface area contributed by atoms with Crippen molar-refractivity contribution >= 4 is 22.4 Å². The second-order valence-electron chi connectivity index (χ2n) is 4.76. The van der Waals surface area contributed by atoms with Crippen molar-refractivity contribution in [2.45, 2.75) is 0 Å². The molecule has 0 bridgehead atoms. The number of thiazole rings is 1. The monoisotopic (exact) mass is 323 g/mol. The van der Waals surface area contributed by atoms with E-state index in [-0.39, 0.29) is 16.2 Å². The van der Waals surface area contributed by atoms with Gasteiger partial charge in [0.2, 0.25) is 4.96 Å². The van der Waals surface area contributed by atoms with E-state index < -0.39 is 5.56 Å². The van der Waals surface area contributed by atoms with E-state index in [1.165, 1.54) is 6.26 Å². The minimum Gasteiger partial charge on any atom is -0.465 e. The summed E-state index contributed by atoms with van der Waals surface area (Å²) < 4.78 is 6.77. The van der Waals surface area contributed by atoms with Crippen molar-refractivity contribution in [3.8, 4) is 11.3 Å². The predicted octanol–water partition coefficient (Wildman–Crippen LogP) is 1.32. The number of hydrogen-bond acceptors (Lipinski definition) is 6. The van der Waals surface area contributed by atoms with Gasteiger partial charge in [-0.3, -0.25) is 9.59 Å². The lowest BCUT2D eigenvalue weighted by Gasteiger charge is -1.98. The highest BCUT2D eigenvalue weighted by molar-refractivity contribution is 7.15. The van der Waals surface area contributed by atoms with Crippen LogP contribution in [0.1, 0.15) is 5.76 Å². The van der Waals surface area contributed by atoms with Crippen LogP contribution in [0.3, 0.4) is 0 Å². The molecule has 0 aliphatic heterocycles. The molecule has 0 N–H and O–H groups in total. The van der Waals surface area contributed by atoms with Gasteiger partial charge in [-0.2, -0.15) is 14.6 Å². The van der Waals surface area contributed by atoms with Crippen LogP contribution in [0, 0.1) is 0 Å². The molecular formula is C16H9N3O3S. The second-order valence-corrected chi connectivity index (χ2v) is 5.77. The number of aromatic nitrogens is 3. The maximum atomic E-state index is 12.4. The molecular weight excluding hydrogens is 314 g/mol. The number of rotatable bonds is 2. The van der Waals surface area contributed by atoms with Gasteiger partial charge in [0.15, 0.2) is 5.69 Å². The lowest BCUT2D eigenvalue weighted by atomic mass is 10.2. The fraction of sp³-hybridized carbons (Fsp3) is 0. The highest BCUT2D eigenvalue weighted by Gasteiger charge is 2.12. The molecule has 0 unspecified atom stereocenters. The molecule has 3 heterocycles. The van der Waals surface area contributed by atoms with Gasteiger partial charge in [-0.05, 0) is 12.1 Å². The van der Waals surface area contributed by atoms with Crippen molar-refractivity contribution in [3.63, 3.8) is 0 Å². The van der Waals surface area contributed by atoms with Gasteiger partial charge in [-0.15, -0.1) is 0 Å². The molecule has 0 amide bonds. The molecule has 23 heavy (non-hydrogen) atoms. The van der Waals surface area contributed by atoms with Crippen LogP contribution < -0.4 is 15.7 Å². The molecule has 0 aliphatic carbocycles. The summed E-state index contributed by atoms with van der Waals surface area (Å²) in [5, 5.41) is 4.18. The third-order valence-corrected chi connectivity index (χ3v) is 4.21. The smallest absolute Gasteiger partial charge is 0.300 e. The standard InChI is InChI=1S/C16H9N3O3S/c20-14-13(10-5-2-1-3-6-10)18-19-15(21)12(23-16(19)17-14)9-11-7-4-8-22-11/h1-9H. The van der Waals surface area contributed by atoms with Crippen LogP contribution >= 0.6 is 11.3 Å². The first-order valence-electron chi connectivity index (χ1n) is 6.77. The molecule has 1 aromatic carbocycles. The quantitative estimate of drug-likeness (QED) is 0.556. The largest absolute Gasteiger partial charge is 0.465 e. The summed E-state index contributed by atoms with van der Waals surface area (Å²) in [7, 11) is 0. The maximum absolute atomic E-state index is 12.4. The van der Waals surface area contributed by atoms with Crippen LogP contribution in [-0.4, -0.2) is 14.6 Å². The highest BCUT2D eigenvalue weighted by Crippen LogP contribution is 2.11. The number of fused-ring (bicyclic) bond motifs is 1. The van der Waals surface area contributed by atoms with E-state index >= 15 is 0 Å². The Bertz CT molecular complexity index is 1150. The van der Waals surface area contributed by atoms with Gasteiger partial charge in [0, 0.05) is 11.6 Å². The summed E-state index contributed by atoms with van der Waals surface area (Å²) in [5.41, 5.74) is -0.00260. The van der Waals surface area contributed by atoms with Gasteiger partial charge in [-0.25, -0.2) is 0 Å². The summed E-state index contributed by atoms with van der Waals surface area (Å²) in [5.74, 6) is 0.555. The zero-order valence-electron chi connectivity index (χ0n) is 11.7.